The minimum Gasteiger partial charge on any atom is -0.999 e. The second-order valence-corrected chi connectivity index (χ2v) is 18.1. The Labute approximate surface area is 263 Å². The summed E-state index contributed by atoms with van der Waals surface area (Å²) in [7, 11) is -2.40. The quantitative estimate of drug-likeness (QED) is 0.102. The average Bonchev–Trinajstić information content (AvgIpc) is 3.58. The van der Waals surface area contributed by atoms with Crippen molar-refractivity contribution in [3.8, 4) is 22.9 Å². The molecule has 0 N–H and O–H groups in total. The summed E-state index contributed by atoms with van der Waals surface area (Å²) in [6.07, 6.45) is 0. The molecule has 0 radical (unpaired) electrons. The van der Waals surface area contributed by atoms with Gasteiger partial charge in [-0.05, 0) is 11.8 Å². The van der Waals surface area contributed by atoms with Gasteiger partial charge in [0.25, 0.3) is 0 Å². The van der Waals surface area contributed by atoms with E-state index in [2.05, 4.69) is 86.5 Å². The molecule has 6 heteroatoms. The van der Waals surface area contributed by atoms with Crippen LogP contribution in [0, 0.1) is 47.2 Å². The fraction of sp³-hybridized carbons (Fsp3) is 0.200. The maximum atomic E-state index is 3.23. The van der Waals surface area contributed by atoms with Crippen LogP contribution in [0.1, 0.15) is 0 Å². The molecule has 0 aliphatic heterocycles. The van der Waals surface area contributed by atoms with Crippen LogP contribution >= 0.6 is 0 Å². The number of hydrogen-bond donors (Lipinski definition) is 0. The molecule has 0 saturated heterocycles. The molecule has 0 amide bonds. The van der Waals surface area contributed by atoms with Crippen molar-refractivity contribution < 1.29 is 66.0 Å². The van der Waals surface area contributed by atoms with E-state index in [0.29, 0.717) is 0 Å². The van der Waals surface area contributed by atoms with Gasteiger partial charge in [0, 0.05) is 66.0 Å². The van der Waals surface area contributed by atoms with Crippen molar-refractivity contribution in [2.45, 2.75) is 39.3 Å². The van der Waals surface area contributed by atoms with E-state index in [1.807, 2.05) is 91.0 Å². The predicted octanol–water partition coefficient (Wildman–Crippen LogP) is 7.56. The second-order valence-electron chi connectivity index (χ2n) is 8.57. The van der Waals surface area contributed by atoms with Crippen LogP contribution in [0.25, 0.3) is 0 Å². The van der Waals surface area contributed by atoms with Crippen LogP contribution in [0.5, 0.6) is 0 Å². The van der Waals surface area contributed by atoms with E-state index in [4.69, 9.17) is 0 Å². The third-order valence-electron chi connectivity index (χ3n) is 2.96. The first-order valence-electron chi connectivity index (χ1n) is 10.6. The van der Waals surface area contributed by atoms with Crippen molar-refractivity contribution in [1.29, 1.82) is 0 Å². The zero-order valence-electron chi connectivity index (χ0n) is 21.5. The third-order valence-corrected chi connectivity index (χ3v) is 4.71. The summed E-state index contributed by atoms with van der Waals surface area (Å²) in [6, 6.07) is 42.0. The van der Waals surface area contributed by atoms with Gasteiger partial charge in [0.2, 0.25) is 0 Å². The molecule has 0 bridgehead atoms. The first kappa shape index (κ1) is 44.9. The average molecular weight is 686 g/mol. The van der Waals surface area contributed by atoms with Crippen molar-refractivity contribution in [3.63, 3.8) is 0 Å². The van der Waals surface area contributed by atoms with Gasteiger partial charge in [-0.15, -0.1) is 11.1 Å². The van der Waals surface area contributed by atoms with E-state index in [1.165, 1.54) is 0 Å². The van der Waals surface area contributed by atoms with E-state index < -0.39 is 16.1 Å². The van der Waals surface area contributed by atoms with Crippen molar-refractivity contribution in [3.05, 3.63) is 121 Å². The minimum atomic E-state index is -1.20. The predicted molar refractivity (Wildman–Crippen MR) is 146 cm³/mol. The molecule has 0 aliphatic rings. The van der Waals surface area contributed by atoms with Gasteiger partial charge in [-0.2, -0.15) is 54.6 Å². The molecule has 0 unspecified atom stereocenters. The van der Waals surface area contributed by atoms with Crippen molar-refractivity contribution in [1.82, 2.24) is 0 Å². The zero-order valence-corrected chi connectivity index (χ0v) is 27.5. The molecule has 0 aromatic heterocycles. The number of hydrogen-bond acceptors (Lipinski definition) is 0. The van der Waals surface area contributed by atoms with Crippen LogP contribution < -0.4 is 0 Å². The normalized spacial score (nSPS) is 8.06. The van der Waals surface area contributed by atoms with Crippen LogP contribution in [0.4, 0.5) is 0 Å². The second kappa shape index (κ2) is 30.2. The molecule has 0 spiro atoms. The molecular weight excluding hydrogens is 651 g/mol. The van der Waals surface area contributed by atoms with Gasteiger partial charge in [0.1, 0.15) is 16.1 Å². The standard InChI is InChI=1S/C10H18Si2.3C5H5.C5H.4Ni/c1-11(2,3)9-7-8-10-12(4,5)6;4*1-2-4-5-3-1;;;;/h1-6H3;3*1-5H;1H;;;;/q;3*-1;-5;;;;. The van der Waals surface area contributed by atoms with E-state index in [1.54, 1.807) is 6.07 Å². The monoisotopic (exact) mass is 682 g/mol. The first-order valence-corrected chi connectivity index (χ1v) is 17.6. The number of rotatable bonds is 0. The maximum absolute atomic E-state index is 3.23. The molecule has 4 aromatic rings. The van der Waals surface area contributed by atoms with Crippen molar-refractivity contribution in [2.75, 3.05) is 0 Å². The fourth-order valence-electron chi connectivity index (χ4n) is 1.58. The van der Waals surface area contributed by atoms with Gasteiger partial charge >= 0.3 is 0 Å². The zero-order chi connectivity index (χ0) is 24.0. The molecule has 0 fully saturated rings. The van der Waals surface area contributed by atoms with Gasteiger partial charge in [0.15, 0.2) is 0 Å². The first-order chi connectivity index (χ1) is 15.2. The molecule has 36 heavy (non-hydrogen) atoms. The van der Waals surface area contributed by atoms with Gasteiger partial charge in [-0.25, -0.2) is 36.4 Å². The Balaban J connectivity index is -0.000000114. The molecule has 0 aliphatic carbocycles. The fourth-order valence-corrected chi connectivity index (χ4v) is 2.46. The largest absolute Gasteiger partial charge is 0.999 e. The molecule has 0 saturated carbocycles. The molecule has 0 atom stereocenters. The molecule has 4 rings (SSSR count). The Bertz CT molecular complexity index is 733. The molecule has 0 heterocycles. The third kappa shape index (κ3) is 43.0. The topological polar surface area (TPSA) is 0 Å². The van der Waals surface area contributed by atoms with E-state index >= 15 is 0 Å². The molecular formula is C30H34Ni4Si2-8. The van der Waals surface area contributed by atoms with E-state index in [9.17, 15) is 0 Å². The summed E-state index contributed by atoms with van der Waals surface area (Å²) in [5.41, 5.74) is 6.46. The Hall–Kier alpha value is -1.07. The van der Waals surface area contributed by atoms with Crippen LogP contribution in [0.3, 0.4) is 0 Å². The van der Waals surface area contributed by atoms with Crippen molar-refractivity contribution >= 4 is 16.1 Å². The summed E-state index contributed by atoms with van der Waals surface area (Å²) in [6.45, 7) is 13.4. The minimum absolute atomic E-state index is 0. The maximum Gasteiger partial charge on any atom is 0.130 e. The van der Waals surface area contributed by atoms with Gasteiger partial charge in [0.05, 0.1) is 0 Å². The molecule has 0 nitrogen and oxygen atoms in total. The Morgan fingerprint density at radius 2 is 0.722 bits per heavy atom. The SMILES string of the molecule is C[Si](C)(C)C#CC#C[Si](C)(C)C.[Ni].[Ni].[Ni].[Ni].[c-]1[c-][c-][cH-][c-]1.c1cc[cH-]c1.c1cc[cH-]c1.c1cc[cH-]c1. The smallest absolute Gasteiger partial charge is 0.130 e. The van der Waals surface area contributed by atoms with Gasteiger partial charge in [-0.1, -0.05) is 39.3 Å². The Morgan fingerprint density at radius 3 is 0.833 bits per heavy atom. The van der Waals surface area contributed by atoms with Crippen LogP contribution in [0.15, 0.2) is 97.1 Å². The summed E-state index contributed by atoms with van der Waals surface area (Å²) < 4.78 is 0. The van der Waals surface area contributed by atoms with Crippen LogP contribution in [-0.4, -0.2) is 16.1 Å². The Morgan fingerprint density at radius 1 is 0.472 bits per heavy atom. The van der Waals surface area contributed by atoms with E-state index in [0.717, 1.165) is 0 Å². The van der Waals surface area contributed by atoms with Gasteiger partial charge in [-0.3, -0.25) is 0 Å². The van der Waals surface area contributed by atoms with Crippen LogP contribution in [-0.2, 0) is 66.0 Å². The summed E-state index contributed by atoms with van der Waals surface area (Å²) in [5.74, 6) is 5.93. The summed E-state index contributed by atoms with van der Waals surface area (Å²) in [4.78, 5) is 0. The van der Waals surface area contributed by atoms with Gasteiger partial charge < -0.3 is 30.3 Å². The summed E-state index contributed by atoms with van der Waals surface area (Å²) >= 11 is 0. The Kier molecular flexibility index (Phi) is 37.6. The van der Waals surface area contributed by atoms with Crippen molar-refractivity contribution in [2.24, 2.45) is 0 Å². The van der Waals surface area contributed by atoms with E-state index in [-0.39, 0.29) is 66.0 Å². The summed E-state index contributed by atoms with van der Waals surface area (Å²) in [5, 5.41) is 0. The van der Waals surface area contributed by atoms with Crippen LogP contribution in [0.2, 0.25) is 39.3 Å². The molecule has 4 aromatic carbocycles. The molecule has 210 valence electrons.